The van der Waals surface area contributed by atoms with E-state index >= 15 is 0 Å². The zero-order valence-corrected chi connectivity index (χ0v) is 16.7. The summed E-state index contributed by atoms with van der Waals surface area (Å²) in [6.45, 7) is 6.52. The Morgan fingerprint density at radius 2 is 1.97 bits per heavy atom. The lowest BCUT2D eigenvalue weighted by Crippen LogP contribution is -2.36. The maximum absolute atomic E-state index is 13.4. The van der Waals surface area contributed by atoms with E-state index in [-0.39, 0.29) is 41.5 Å². The second kappa shape index (κ2) is 6.30. The van der Waals surface area contributed by atoms with Gasteiger partial charge in [0.1, 0.15) is 17.5 Å². The number of aryl methyl sites for hydroxylation is 3. The number of nitrogens with one attached hydrogen (secondary N) is 1. The van der Waals surface area contributed by atoms with Gasteiger partial charge in [0, 0.05) is 12.1 Å². The number of hydrogen-bond acceptors (Lipinski definition) is 6. The van der Waals surface area contributed by atoms with Gasteiger partial charge in [-0.1, -0.05) is 17.7 Å². The third-order valence-corrected chi connectivity index (χ3v) is 6.72. The molecule has 29 heavy (non-hydrogen) atoms. The number of hydrogen-bond donors (Lipinski definition) is 2. The normalized spacial score (nSPS) is 32.6. The number of fused-ring (bicyclic) bond motifs is 5. The summed E-state index contributed by atoms with van der Waals surface area (Å²) in [6, 6.07) is 6.27. The smallest absolute Gasteiger partial charge is 0.173 e. The number of benzene rings is 1. The summed E-state index contributed by atoms with van der Waals surface area (Å²) in [6.07, 6.45) is 1.80. The van der Waals surface area contributed by atoms with Crippen LogP contribution >= 0.6 is 0 Å². The lowest BCUT2D eigenvalue weighted by atomic mass is 9.73. The summed E-state index contributed by atoms with van der Waals surface area (Å²) in [7, 11) is 0. The van der Waals surface area contributed by atoms with Gasteiger partial charge in [-0.2, -0.15) is 5.26 Å². The number of aliphatic imine (C=N–C) groups is 1. The topological polar surface area (TPSA) is 94.7 Å². The van der Waals surface area contributed by atoms with Crippen LogP contribution in [0.25, 0.3) is 5.57 Å². The molecule has 0 spiro atoms. The number of Topliss-reactive ketones (excluding diaryl/α,β-unsaturated/α-hetero) is 1. The molecule has 148 valence electrons. The molecule has 1 aliphatic carbocycles. The number of allylic oxidation sites excluding steroid dienone is 2. The molecule has 2 fully saturated rings. The zero-order chi connectivity index (χ0) is 20.4. The van der Waals surface area contributed by atoms with E-state index in [1.165, 1.54) is 0 Å². The monoisotopic (exact) mass is 389 g/mol. The first-order chi connectivity index (χ1) is 13.9. The number of carbonyl (C=O) groups is 1. The highest BCUT2D eigenvalue weighted by Gasteiger charge is 2.63. The van der Waals surface area contributed by atoms with Crippen molar-refractivity contribution in [1.82, 2.24) is 5.32 Å². The van der Waals surface area contributed by atoms with Crippen molar-refractivity contribution in [1.29, 1.82) is 5.26 Å². The van der Waals surface area contributed by atoms with Gasteiger partial charge in [-0.25, -0.2) is 0 Å². The Kier molecular flexibility index (Phi) is 3.94. The predicted molar refractivity (Wildman–Crippen MR) is 108 cm³/mol. The number of aliphatic hydroxyl groups is 1. The van der Waals surface area contributed by atoms with Crippen LogP contribution in [0, 0.1) is 49.9 Å². The van der Waals surface area contributed by atoms with Gasteiger partial charge in [-0.15, -0.1) is 0 Å². The lowest BCUT2D eigenvalue weighted by Gasteiger charge is -2.29. The highest BCUT2D eigenvalue weighted by molar-refractivity contribution is 6.26. The van der Waals surface area contributed by atoms with Crippen molar-refractivity contribution in [2.75, 3.05) is 6.54 Å². The van der Waals surface area contributed by atoms with Gasteiger partial charge < -0.3 is 15.2 Å². The van der Waals surface area contributed by atoms with Gasteiger partial charge in [-0.3, -0.25) is 9.79 Å². The van der Waals surface area contributed by atoms with Crippen LogP contribution in [-0.4, -0.2) is 35.9 Å². The SMILES string of the molecule is Cc1cc(C)c(C2=C(O)[C@@H]3C4OC(CC4C4=C(C#N)NCC=N4)[C@@H]3C2=O)c(C)c1. The number of rotatable bonds is 2. The van der Waals surface area contributed by atoms with E-state index in [0.29, 0.717) is 29.9 Å². The van der Waals surface area contributed by atoms with Crippen molar-refractivity contribution in [2.24, 2.45) is 22.7 Å². The summed E-state index contributed by atoms with van der Waals surface area (Å²) >= 11 is 0. The van der Waals surface area contributed by atoms with Crippen LogP contribution in [0.1, 0.15) is 28.7 Å². The number of carbonyl (C=O) groups excluding carboxylic acids is 1. The quantitative estimate of drug-likeness (QED) is 0.811. The van der Waals surface area contributed by atoms with E-state index in [9.17, 15) is 15.2 Å². The van der Waals surface area contributed by atoms with E-state index in [2.05, 4.69) is 16.4 Å². The molecule has 2 bridgehead atoms. The van der Waals surface area contributed by atoms with Gasteiger partial charge in [0.05, 0.1) is 41.9 Å². The number of ether oxygens (including phenoxy) is 1. The zero-order valence-electron chi connectivity index (χ0n) is 16.7. The minimum Gasteiger partial charge on any atom is -0.511 e. The molecule has 3 unspecified atom stereocenters. The third kappa shape index (κ3) is 2.44. The largest absolute Gasteiger partial charge is 0.511 e. The molecule has 1 aromatic carbocycles. The van der Waals surface area contributed by atoms with Gasteiger partial charge >= 0.3 is 0 Å². The molecule has 3 aliphatic heterocycles. The van der Waals surface area contributed by atoms with E-state index < -0.39 is 0 Å². The van der Waals surface area contributed by atoms with Crippen molar-refractivity contribution in [3.8, 4) is 6.07 Å². The van der Waals surface area contributed by atoms with Crippen molar-refractivity contribution in [3.05, 3.63) is 51.5 Å². The molecule has 3 heterocycles. The minimum atomic E-state index is -0.370. The van der Waals surface area contributed by atoms with Gasteiger partial charge in [0.25, 0.3) is 0 Å². The van der Waals surface area contributed by atoms with Crippen molar-refractivity contribution < 1.29 is 14.6 Å². The maximum atomic E-state index is 13.4. The number of nitriles is 1. The van der Waals surface area contributed by atoms with Crippen molar-refractivity contribution in [3.63, 3.8) is 0 Å². The molecule has 0 saturated carbocycles. The number of nitrogens with zero attached hydrogens (tertiary/aromatic N) is 2. The van der Waals surface area contributed by atoms with E-state index in [1.807, 2.05) is 32.9 Å². The van der Waals surface area contributed by atoms with Crippen LogP contribution in [-0.2, 0) is 9.53 Å². The van der Waals surface area contributed by atoms with Crippen LogP contribution < -0.4 is 5.32 Å². The van der Waals surface area contributed by atoms with Crippen LogP contribution in [0.4, 0.5) is 0 Å². The first-order valence-electron chi connectivity index (χ1n) is 10.0. The summed E-state index contributed by atoms with van der Waals surface area (Å²) in [5, 5.41) is 23.7. The van der Waals surface area contributed by atoms with Crippen LogP contribution in [0.15, 0.2) is 34.3 Å². The third-order valence-electron chi connectivity index (χ3n) is 6.72. The Balaban J connectivity index is 1.58. The number of aliphatic hydroxyl groups excluding tert-OH is 1. The first kappa shape index (κ1) is 18.1. The summed E-state index contributed by atoms with van der Waals surface area (Å²) in [5.74, 6) is -0.703. The average Bonchev–Trinajstić information content (AvgIpc) is 3.34. The molecule has 6 nitrogen and oxygen atoms in total. The predicted octanol–water partition coefficient (Wildman–Crippen LogP) is 2.89. The lowest BCUT2D eigenvalue weighted by molar-refractivity contribution is -0.118. The second-order valence-electron chi connectivity index (χ2n) is 8.50. The fourth-order valence-corrected chi connectivity index (χ4v) is 5.77. The Hall–Kier alpha value is -2.91. The minimum absolute atomic E-state index is 0.0201. The molecule has 2 saturated heterocycles. The van der Waals surface area contributed by atoms with Gasteiger partial charge in [0.2, 0.25) is 0 Å². The summed E-state index contributed by atoms with van der Waals surface area (Å²) < 4.78 is 6.14. The fraction of sp³-hybridized carbons (Fsp3) is 0.435. The van der Waals surface area contributed by atoms with Gasteiger partial charge in [0.15, 0.2) is 5.78 Å². The maximum Gasteiger partial charge on any atom is 0.173 e. The van der Waals surface area contributed by atoms with Crippen molar-refractivity contribution in [2.45, 2.75) is 39.4 Å². The molecule has 4 aliphatic rings. The summed E-state index contributed by atoms with van der Waals surface area (Å²) in [5.41, 5.74) is 5.57. The molecule has 6 heteroatoms. The molecule has 5 atom stereocenters. The molecule has 0 radical (unpaired) electrons. The molecule has 0 amide bonds. The van der Waals surface area contributed by atoms with Crippen LogP contribution in [0.3, 0.4) is 0 Å². The molecular weight excluding hydrogens is 366 g/mol. The van der Waals surface area contributed by atoms with E-state index in [4.69, 9.17) is 4.74 Å². The molecule has 1 aromatic rings. The van der Waals surface area contributed by atoms with E-state index in [0.717, 1.165) is 22.3 Å². The summed E-state index contributed by atoms with van der Waals surface area (Å²) in [4.78, 5) is 17.8. The van der Waals surface area contributed by atoms with Crippen molar-refractivity contribution >= 4 is 17.6 Å². The molecule has 0 aromatic heterocycles. The van der Waals surface area contributed by atoms with Gasteiger partial charge in [-0.05, 0) is 43.9 Å². The molecular formula is C23H23N3O3. The Labute approximate surface area is 169 Å². The first-order valence-corrected chi connectivity index (χ1v) is 10.0. The second-order valence-corrected chi connectivity index (χ2v) is 8.50. The van der Waals surface area contributed by atoms with Crippen LogP contribution in [0.5, 0.6) is 0 Å². The standard InChI is InChI=1S/C23H23N3O3/c1-10-6-11(2)16(12(3)7-10)18-21(27)17-15-8-13(23(29-15)19(17)22(18)28)20-14(9-24)25-4-5-26-20/h5-7,13,15,17,19,23,25,28H,4,8H2,1-3H3/t13?,15?,17-,19+,23?/m0/s1. The van der Waals surface area contributed by atoms with Crippen LogP contribution in [0.2, 0.25) is 0 Å². The molecule has 5 rings (SSSR count). The highest BCUT2D eigenvalue weighted by atomic mass is 16.5. The molecule has 2 N–H and O–H groups in total. The Morgan fingerprint density at radius 3 is 2.66 bits per heavy atom. The van der Waals surface area contributed by atoms with E-state index in [1.54, 1.807) is 6.21 Å². The Bertz CT molecular complexity index is 1050. The number of ketones is 1. The highest BCUT2D eigenvalue weighted by Crippen LogP contribution is 2.57. The average molecular weight is 389 g/mol. The Morgan fingerprint density at radius 1 is 1.24 bits per heavy atom. The fourth-order valence-electron chi connectivity index (χ4n) is 5.77.